The molecule has 2 rings (SSSR count). The summed E-state index contributed by atoms with van der Waals surface area (Å²) >= 11 is 0.320. The topological polar surface area (TPSA) is 3.24 Å². The van der Waals surface area contributed by atoms with Gasteiger partial charge in [-0.1, -0.05) is 48.2 Å². The number of rotatable bonds is 5. The molecule has 0 spiro atoms. The molecule has 0 amide bonds. The van der Waals surface area contributed by atoms with E-state index in [1.807, 2.05) is 43.5 Å². The number of nitrogens with zero attached hydrogens (tertiary/aromatic N) is 1. The van der Waals surface area contributed by atoms with E-state index in [2.05, 4.69) is 49.6 Å². The Hall–Kier alpha value is -1.76. The molecule has 1 nitrogen and oxygen atoms in total. The fraction of sp³-hybridized carbons (Fsp3) is 0.333. The van der Waals surface area contributed by atoms with Crippen LogP contribution in [-0.2, 0) is 6.54 Å². The Balaban J connectivity index is 2.11. The molecule has 0 unspecified atom stereocenters. The number of halogens is 1. The van der Waals surface area contributed by atoms with Crippen LogP contribution in [0.15, 0.2) is 53.4 Å². The molecule has 0 atom stereocenters. The van der Waals surface area contributed by atoms with Crippen LogP contribution in [0.5, 0.6) is 0 Å². The summed E-state index contributed by atoms with van der Waals surface area (Å²) in [6, 6.07) is 12.0. The van der Waals surface area contributed by atoms with Crippen LogP contribution in [0.2, 0.25) is 0 Å². The minimum atomic E-state index is 0.0203. The quantitative estimate of drug-likeness (QED) is 0.627. The minimum Gasteiger partial charge on any atom is -0.298 e. The summed E-state index contributed by atoms with van der Waals surface area (Å²) in [4.78, 5) is 2.86. The number of allylic oxidation sites excluding steroid dienone is 1. The van der Waals surface area contributed by atoms with Crippen molar-refractivity contribution in [1.82, 2.24) is 4.90 Å². The smallest absolute Gasteiger partial charge is 0.0815 e. The lowest BCUT2D eigenvalue weighted by atomic mass is 9.98. The number of likely N-dealkylation sites (N-methyl/N-ethyl adjacent to an activating group) is 1. The molecule has 2 aromatic rings. The van der Waals surface area contributed by atoms with Crippen molar-refractivity contribution < 1.29 is 3.89 Å². The van der Waals surface area contributed by atoms with E-state index in [4.69, 9.17) is 0 Å². The van der Waals surface area contributed by atoms with Crippen LogP contribution in [0, 0.1) is 17.3 Å². The van der Waals surface area contributed by atoms with Gasteiger partial charge in [-0.05, 0) is 56.3 Å². The third-order valence-electron chi connectivity index (χ3n) is 3.57. The van der Waals surface area contributed by atoms with Gasteiger partial charge in [-0.15, -0.1) is 0 Å². The second-order valence-electron chi connectivity index (χ2n) is 6.96. The fourth-order valence-electron chi connectivity index (χ4n) is 2.44. The normalized spacial score (nSPS) is 11.9. The zero-order valence-electron chi connectivity index (χ0n) is 14.8. The maximum Gasteiger partial charge on any atom is 0.0815 e. The van der Waals surface area contributed by atoms with E-state index in [9.17, 15) is 3.89 Å². The van der Waals surface area contributed by atoms with Crippen molar-refractivity contribution in [2.75, 3.05) is 13.6 Å². The first kappa shape index (κ1) is 18.6. The second-order valence-corrected chi connectivity index (χ2v) is 7.55. The van der Waals surface area contributed by atoms with Crippen molar-refractivity contribution >= 4 is 22.9 Å². The monoisotopic (exact) mass is 341 g/mol. The molecular weight excluding hydrogens is 317 g/mol. The van der Waals surface area contributed by atoms with Gasteiger partial charge < -0.3 is 0 Å². The summed E-state index contributed by atoms with van der Waals surface area (Å²) in [5.74, 6) is 6.25. The lowest BCUT2D eigenvalue weighted by molar-refractivity contribution is 0.362. The van der Waals surface area contributed by atoms with Crippen LogP contribution in [-0.4, -0.2) is 18.5 Å². The molecule has 0 aliphatic heterocycles. The predicted molar refractivity (Wildman–Crippen MR) is 104 cm³/mol. The summed E-state index contributed by atoms with van der Waals surface area (Å²) in [7, 11) is 2.04. The number of benzene rings is 2. The van der Waals surface area contributed by atoms with Crippen molar-refractivity contribution in [2.24, 2.45) is 5.41 Å². The molecule has 0 N–H and O–H groups in total. The summed E-state index contributed by atoms with van der Waals surface area (Å²) < 4.78 is 13.3. The third kappa shape index (κ3) is 5.40. The summed E-state index contributed by atoms with van der Waals surface area (Å²) in [6.45, 7) is 7.76. The number of fused-ring (bicyclic) bond motifs is 1. The third-order valence-corrected chi connectivity index (χ3v) is 4.12. The first-order valence-electron chi connectivity index (χ1n) is 8.06. The Kier molecular flexibility index (Phi) is 6.48. The zero-order chi connectivity index (χ0) is 17.6. The maximum absolute atomic E-state index is 13.3. The number of hydrogen-bond acceptors (Lipinski definition) is 2. The fourth-order valence-corrected chi connectivity index (χ4v) is 2.82. The van der Waals surface area contributed by atoms with Crippen molar-refractivity contribution in [2.45, 2.75) is 32.2 Å². The van der Waals surface area contributed by atoms with E-state index in [-0.39, 0.29) is 5.41 Å². The van der Waals surface area contributed by atoms with E-state index in [0.29, 0.717) is 23.6 Å². The average Bonchev–Trinajstić information content (AvgIpc) is 2.54. The maximum atomic E-state index is 13.3. The van der Waals surface area contributed by atoms with Crippen LogP contribution in [0.1, 0.15) is 26.3 Å². The molecule has 0 aromatic heterocycles. The van der Waals surface area contributed by atoms with Crippen molar-refractivity contribution in [3.8, 4) is 11.8 Å². The summed E-state index contributed by atoms with van der Waals surface area (Å²) in [5, 5.41) is 2.26. The Morgan fingerprint density at radius 2 is 1.92 bits per heavy atom. The molecule has 0 radical (unpaired) electrons. The lowest BCUT2D eigenvalue weighted by Gasteiger charge is -2.18. The highest BCUT2D eigenvalue weighted by Gasteiger charge is 2.10. The van der Waals surface area contributed by atoms with Gasteiger partial charge in [-0.3, -0.25) is 4.90 Å². The van der Waals surface area contributed by atoms with Gasteiger partial charge in [0.05, 0.1) is 12.1 Å². The first-order chi connectivity index (χ1) is 11.4. The van der Waals surface area contributed by atoms with Crippen molar-refractivity contribution in [3.05, 3.63) is 54.1 Å². The molecule has 3 heteroatoms. The Bertz CT molecular complexity index is 778. The molecular formula is C21H24FNS. The van der Waals surface area contributed by atoms with Gasteiger partial charge in [-0.2, -0.15) is 3.89 Å². The van der Waals surface area contributed by atoms with Crippen LogP contribution in [0.4, 0.5) is 3.89 Å². The molecule has 0 heterocycles. The van der Waals surface area contributed by atoms with Gasteiger partial charge in [0.15, 0.2) is 0 Å². The molecule has 0 saturated carbocycles. The Morgan fingerprint density at radius 3 is 2.62 bits per heavy atom. The van der Waals surface area contributed by atoms with E-state index >= 15 is 0 Å². The Labute approximate surface area is 149 Å². The first-order valence-corrected chi connectivity index (χ1v) is 8.78. The SMILES string of the molecule is CN(C/C=C/C#CC(C)(C)C)Cc1c(SF)ccc2ccccc12. The highest BCUT2D eigenvalue weighted by Crippen LogP contribution is 2.31. The highest BCUT2D eigenvalue weighted by atomic mass is 32.2. The predicted octanol–water partition coefficient (Wildman–Crippen LogP) is 5.85. The van der Waals surface area contributed by atoms with Gasteiger partial charge >= 0.3 is 0 Å². The molecule has 2 aromatic carbocycles. The minimum absolute atomic E-state index is 0.0203. The van der Waals surface area contributed by atoms with Crippen LogP contribution >= 0.6 is 12.1 Å². The van der Waals surface area contributed by atoms with Crippen LogP contribution in [0.3, 0.4) is 0 Å². The standard InChI is InChI=1S/C21H24FNS/c1-21(2,3)14-8-5-9-15-23(4)16-19-18-11-7-6-10-17(18)12-13-20(19)24-22/h5-7,9-13H,15-16H2,1-4H3/b9-5+. The highest BCUT2D eigenvalue weighted by molar-refractivity contribution is 7.94. The van der Waals surface area contributed by atoms with Crippen molar-refractivity contribution in [3.63, 3.8) is 0 Å². The molecule has 0 aliphatic rings. The largest absolute Gasteiger partial charge is 0.298 e. The van der Waals surface area contributed by atoms with E-state index < -0.39 is 0 Å². The van der Waals surface area contributed by atoms with Gasteiger partial charge in [0.2, 0.25) is 0 Å². The van der Waals surface area contributed by atoms with Crippen LogP contribution in [0.25, 0.3) is 10.8 Å². The van der Waals surface area contributed by atoms with Gasteiger partial charge in [0.1, 0.15) is 0 Å². The Morgan fingerprint density at radius 1 is 1.17 bits per heavy atom. The molecule has 0 aliphatic carbocycles. The second kappa shape index (κ2) is 8.37. The summed E-state index contributed by atoms with van der Waals surface area (Å²) in [5.41, 5.74) is 1.06. The number of hydrogen-bond donors (Lipinski definition) is 0. The van der Waals surface area contributed by atoms with Gasteiger partial charge in [0.25, 0.3) is 0 Å². The average molecular weight is 341 g/mol. The van der Waals surface area contributed by atoms with E-state index in [0.717, 1.165) is 22.9 Å². The molecule has 0 fully saturated rings. The van der Waals surface area contributed by atoms with Crippen molar-refractivity contribution in [1.29, 1.82) is 0 Å². The van der Waals surface area contributed by atoms with Gasteiger partial charge in [0, 0.05) is 23.4 Å². The molecule has 24 heavy (non-hydrogen) atoms. The summed E-state index contributed by atoms with van der Waals surface area (Å²) in [6.07, 6.45) is 3.95. The van der Waals surface area contributed by atoms with E-state index in [1.54, 1.807) is 0 Å². The molecule has 0 saturated heterocycles. The van der Waals surface area contributed by atoms with Gasteiger partial charge in [-0.25, -0.2) is 0 Å². The van der Waals surface area contributed by atoms with E-state index in [1.165, 1.54) is 0 Å². The van der Waals surface area contributed by atoms with Crippen LogP contribution < -0.4 is 0 Å². The lowest BCUT2D eigenvalue weighted by Crippen LogP contribution is -2.18. The zero-order valence-corrected chi connectivity index (χ0v) is 15.6. The molecule has 126 valence electrons. The molecule has 0 bridgehead atoms.